The highest BCUT2D eigenvalue weighted by Crippen LogP contribution is 2.45. The maximum absolute atomic E-state index is 2.39. The fraction of sp³-hybridized carbons (Fsp3) is 0. The Morgan fingerprint density at radius 2 is 0.814 bits per heavy atom. The molecule has 0 aliphatic rings. The van der Waals surface area contributed by atoms with Crippen LogP contribution in [0.4, 0.5) is 34.1 Å². The van der Waals surface area contributed by atoms with Gasteiger partial charge in [-0.25, -0.2) is 0 Å². The van der Waals surface area contributed by atoms with E-state index in [1.54, 1.807) is 0 Å². The van der Waals surface area contributed by atoms with Crippen molar-refractivity contribution < 1.29 is 0 Å². The Kier molecular flexibility index (Phi) is 8.72. The van der Waals surface area contributed by atoms with E-state index in [2.05, 4.69) is 240 Å². The molecular weight excluding hydrogens is 733 g/mol. The van der Waals surface area contributed by atoms with Crippen molar-refractivity contribution in [3.8, 4) is 22.3 Å². The number of anilines is 6. The molecule has 278 valence electrons. The van der Waals surface area contributed by atoms with Crippen LogP contribution in [-0.4, -0.2) is 0 Å². The zero-order valence-corrected chi connectivity index (χ0v) is 33.1. The Hall–Kier alpha value is -7.46. The van der Waals surface area contributed by atoms with Crippen LogP contribution in [0, 0.1) is 0 Å². The predicted molar refractivity (Wildman–Crippen MR) is 255 cm³/mol. The van der Waals surface area contributed by atoms with E-state index in [0.717, 1.165) is 28.4 Å². The molecule has 0 unspecified atom stereocenters. The Labute approximate surface area is 348 Å². The number of rotatable bonds is 8. The van der Waals surface area contributed by atoms with Crippen LogP contribution in [0.3, 0.4) is 0 Å². The molecule has 11 aromatic rings. The first-order valence-electron chi connectivity index (χ1n) is 20.1. The van der Waals surface area contributed by atoms with Crippen molar-refractivity contribution in [1.29, 1.82) is 0 Å². The second-order valence-corrected chi connectivity index (χ2v) is 16.0. The number of thiophene rings is 1. The molecule has 0 fully saturated rings. The molecule has 0 bridgehead atoms. The van der Waals surface area contributed by atoms with E-state index < -0.39 is 0 Å². The molecule has 0 aliphatic heterocycles. The zero-order valence-electron chi connectivity index (χ0n) is 32.2. The van der Waals surface area contributed by atoms with Crippen LogP contribution < -0.4 is 9.80 Å². The van der Waals surface area contributed by atoms with Gasteiger partial charge in [0.25, 0.3) is 0 Å². The lowest BCUT2D eigenvalue weighted by Crippen LogP contribution is -2.10. The Morgan fingerprint density at radius 3 is 1.51 bits per heavy atom. The first-order valence-corrected chi connectivity index (χ1v) is 20.9. The first-order chi connectivity index (χ1) is 29.3. The lowest BCUT2D eigenvalue weighted by molar-refractivity contribution is 1.29. The molecule has 11 rings (SSSR count). The van der Waals surface area contributed by atoms with Crippen molar-refractivity contribution in [2.75, 3.05) is 9.80 Å². The number of nitrogens with zero attached hydrogens (tertiary/aromatic N) is 2. The van der Waals surface area contributed by atoms with E-state index in [1.165, 1.54) is 69.7 Å². The van der Waals surface area contributed by atoms with Crippen molar-refractivity contribution in [2.24, 2.45) is 0 Å². The molecule has 1 heterocycles. The van der Waals surface area contributed by atoms with E-state index in [1.807, 2.05) is 11.3 Å². The van der Waals surface area contributed by atoms with Gasteiger partial charge in [0.2, 0.25) is 0 Å². The van der Waals surface area contributed by atoms with Gasteiger partial charge >= 0.3 is 0 Å². The van der Waals surface area contributed by atoms with Gasteiger partial charge in [0.05, 0.1) is 10.4 Å². The number of fused-ring (bicyclic) bond motifs is 6. The van der Waals surface area contributed by atoms with Gasteiger partial charge in [0.1, 0.15) is 0 Å². The summed E-state index contributed by atoms with van der Waals surface area (Å²) in [5, 5.41) is 7.59. The smallest absolute Gasteiger partial charge is 0.0640 e. The van der Waals surface area contributed by atoms with E-state index in [0.29, 0.717) is 0 Å². The van der Waals surface area contributed by atoms with Crippen molar-refractivity contribution in [2.45, 2.75) is 0 Å². The summed E-state index contributed by atoms with van der Waals surface area (Å²) < 4.78 is 2.59. The fourth-order valence-corrected chi connectivity index (χ4v) is 9.84. The van der Waals surface area contributed by atoms with Crippen LogP contribution in [0.15, 0.2) is 231 Å². The summed E-state index contributed by atoms with van der Waals surface area (Å²) in [6, 6.07) is 83.5. The molecule has 0 saturated carbocycles. The summed E-state index contributed by atoms with van der Waals surface area (Å²) in [6.07, 6.45) is 0. The van der Waals surface area contributed by atoms with Crippen LogP contribution in [0.1, 0.15) is 0 Å². The van der Waals surface area contributed by atoms with Crippen molar-refractivity contribution in [1.82, 2.24) is 0 Å². The normalized spacial score (nSPS) is 11.4. The van der Waals surface area contributed by atoms with Gasteiger partial charge in [-0.1, -0.05) is 152 Å². The summed E-state index contributed by atoms with van der Waals surface area (Å²) in [4.78, 5) is 4.75. The standard InChI is InChI=1S/C56H38N2S/c1-4-15-41(16-5-1)52-37-42-17-10-11-22-48(42)49-36-35-47(38-53(49)52)57(43-18-6-2-7-19-43)45-31-27-39(28-32-45)40-29-33-46(34-30-40)58(44-20-8-3-9-21-44)54-25-14-24-51-50-23-12-13-26-55(50)59-56(51)54/h1-38H. The SMILES string of the molecule is c1ccc(-c2cc3ccccc3c3ccc(N(c4ccccc4)c4ccc(-c5ccc(N(c6ccccc6)c6cccc7c6sc6ccccc67)cc5)cc4)cc23)cc1. The molecule has 59 heavy (non-hydrogen) atoms. The summed E-state index contributed by atoms with van der Waals surface area (Å²) in [7, 11) is 0. The van der Waals surface area contributed by atoms with Crippen molar-refractivity contribution in [3.63, 3.8) is 0 Å². The lowest BCUT2D eigenvalue weighted by Gasteiger charge is -2.27. The molecule has 3 heteroatoms. The molecule has 0 radical (unpaired) electrons. The molecule has 0 saturated heterocycles. The van der Waals surface area contributed by atoms with Crippen LogP contribution in [0.5, 0.6) is 0 Å². The maximum Gasteiger partial charge on any atom is 0.0640 e. The molecular formula is C56H38N2S. The van der Waals surface area contributed by atoms with Gasteiger partial charge in [0.15, 0.2) is 0 Å². The largest absolute Gasteiger partial charge is 0.310 e. The van der Waals surface area contributed by atoms with Crippen LogP contribution >= 0.6 is 11.3 Å². The maximum atomic E-state index is 2.39. The number of hydrogen-bond donors (Lipinski definition) is 0. The second kappa shape index (κ2) is 14.8. The highest BCUT2D eigenvalue weighted by molar-refractivity contribution is 7.26. The summed E-state index contributed by atoms with van der Waals surface area (Å²) in [5.74, 6) is 0. The molecule has 1 aromatic heterocycles. The summed E-state index contributed by atoms with van der Waals surface area (Å²) >= 11 is 1.86. The van der Waals surface area contributed by atoms with E-state index in [9.17, 15) is 0 Å². The minimum absolute atomic E-state index is 1.10. The zero-order chi connectivity index (χ0) is 39.1. The minimum atomic E-state index is 1.10. The van der Waals surface area contributed by atoms with Crippen LogP contribution in [0.25, 0.3) is 64.0 Å². The van der Waals surface area contributed by atoms with Crippen molar-refractivity contribution in [3.05, 3.63) is 231 Å². The van der Waals surface area contributed by atoms with Gasteiger partial charge in [0, 0.05) is 43.9 Å². The highest BCUT2D eigenvalue weighted by Gasteiger charge is 2.19. The van der Waals surface area contributed by atoms with E-state index in [4.69, 9.17) is 0 Å². The molecule has 0 spiro atoms. The molecule has 2 nitrogen and oxygen atoms in total. The minimum Gasteiger partial charge on any atom is -0.310 e. The molecule has 0 amide bonds. The second-order valence-electron chi connectivity index (χ2n) is 14.9. The van der Waals surface area contributed by atoms with Crippen LogP contribution in [0.2, 0.25) is 0 Å². The average Bonchev–Trinajstić information content (AvgIpc) is 3.70. The topological polar surface area (TPSA) is 6.48 Å². The monoisotopic (exact) mass is 770 g/mol. The van der Waals surface area contributed by atoms with Crippen molar-refractivity contribution >= 4 is 87.2 Å². The molecule has 0 N–H and O–H groups in total. The molecule has 10 aromatic carbocycles. The Morgan fingerprint density at radius 1 is 0.288 bits per heavy atom. The number of hydrogen-bond acceptors (Lipinski definition) is 3. The lowest BCUT2D eigenvalue weighted by atomic mass is 9.92. The van der Waals surface area contributed by atoms with E-state index in [-0.39, 0.29) is 0 Å². The average molecular weight is 771 g/mol. The van der Waals surface area contributed by atoms with Gasteiger partial charge in [-0.15, -0.1) is 11.3 Å². The highest BCUT2D eigenvalue weighted by atomic mass is 32.1. The first kappa shape index (κ1) is 34.8. The van der Waals surface area contributed by atoms with Gasteiger partial charge in [-0.3, -0.25) is 0 Å². The van der Waals surface area contributed by atoms with Gasteiger partial charge in [-0.05, 0) is 123 Å². The van der Waals surface area contributed by atoms with Gasteiger partial charge < -0.3 is 9.80 Å². The summed E-state index contributed by atoms with van der Waals surface area (Å²) in [6.45, 7) is 0. The Balaban J connectivity index is 0.973. The molecule has 0 aliphatic carbocycles. The van der Waals surface area contributed by atoms with Gasteiger partial charge in [-0.2, -0.15) is 0 Å². The van der Waals surface area contributed by atoms with E-state index >= 15 is 0 Å². The fourth-order valence-electron chi connectivity index (χ4n) is 8.63. The Bertz CT molecular complexity index is 3250. The molecule has 0 atom stereocenters. The number of para-hydroxylation sites is 2. The third-order valence-electron chi connectivity index (χ3n) is 11.4. The third kappa shape index (κ3) is 6.29. The van der Waals surface area contributed by atoms with Crippen LogP contribution in [-0.2, 0) is 0 Å². The predicted octanol–water partition coefficient (Wildman–Crippen LogP) is 16.6. The third-order valence-corrected chi connectivity index (χ3v) is 12.6. The summed E-state index contributed by atoms with van der Waals surface area (Å²) in [5.41, 5.74) is 11.6. The number of benzene rings is 10. The quantitative estimate of drug-likeness (QED) is 0.142.